The van der Waals surface area contributed by atoms with E-state index in [-0.39, 0.29) is 5.92 Å². The molecule has 1 fully saturated rings. The number of rotatable bonds is 3. The van der Waals surface area contributed by atoms with E-state index >= 15 is 0 Å². The molecule has 1 aromatic rings. The maximum absolute atomic E-state index is 11.2. The van der Waals surface area contributed by atoms with E-state index in [0.29, 0.717) is 17.0 Å². The summed E-state index contributed by atoms with van der Waals surface area (Å²) in [5, 5.41) is 20.2. The molecule has 2 rings (SSSR count). The molecule has 4 heteroatoms. The first kappa shape index (κ1) is 14.4. The van der Waals surface area contributed by atoms with Crippen molar-refractivity contribution in [3.8, 4) is 0 Å². The predicted molar refractivity (Wildman–Crippen MR) is 74.4 cm³/mol. The Kier molecular flexibility index (Phi) is 4.16. The first-order valence-electron chi connectivity index (χ1n) is 6.59. The van der Waals surface area contributed by atoms with E-state index in [4.69, 9.17) is 11.6 Å². The molecule has 3 unspecified atom stereocenters. The Morgan fingerprint density at radius 3 is 2.58 bits per heavy atom. The van der Waals surface area contributed by atoms with E-state index < -0.39 is 18.0 Å². The van der Waals surface area contributed by atoms with Gasteiger partial charge in [-0.05, 0) is 49.4 Å². The molecule has 0 amide bonds. The lowest BCUT2D eigenvalue weighted by atomic mass is 9.86. The molecule has 1 aliphatic rings. The second-order valence-electron chi connectivity index (χ2n) is 5.44. The summed E-state index contributed by atoms with van der Waals surface area (Å²) in [6, 6.07) is 3.71. The van der Waals surface area contributed by atoms with Gasteiger partial charge in [0, 0.05) is 10.9 Å². The second kappa shape index (κ2) is 5.51. The molecule has 3 atom stereocenters. The lowest BCUT2D eigenvalue weighted by Crippen LogP contribution is -2.24. The fourth-order valence-corrected chi connectivity index (χ4v) is 3.26. The van der Waals surface area contributed by atoms with Crippen molar-refractivity contribution in [3.63, 3.8) is 0 Å². The van der Waals surface area contributed by atoms with Crippen molar-refractivity contribution in [1.82, 2.24) is 0 Å². The van der Waals surface area contributed by atoms with Crippen LogP contribution in [0.5, 0.6) is 0 Å². The highest BCUT2D eigenvalue weighted by Crippen LogP contribution is 2.42. The van der Waals surface area contributed by atoms with Gasteiger partial charge in [0.25, 0.3) is 0 Å². The summed E-state index contributed by atoms with van der Waals surface area (Å²) >= 11 is 6.19. The zero-order valence-electron chi connectivity index (χ0n) is 11.2. The minimum absolute atomic E-state index is 0.239. The standard InChI is InChI=1S/C15H19ClO3/c1-8-6-12(13(16)7-9(8)2)14(17)10-4-3-5-11(10)15(18)19/h6-7,10-11,14,17H,3-5H2,1-2H3,(H,18,19). The lowest BCUT2D eigenvalue weighted by Gasteiger charge is -2.24. The molecule has 0 saturated heterocycles. The van der Waals surface area contributed by atoms with E-state index in [1.54, 1.807) is 0 Å². The monoisotopic (exact) mass is 282 g/mol. The van der Waals surface area contributed by atoms with Gasteiger partial charge in [0.1, 0.15) is 0 Å². The van der Waals surface area contributed by atoms with E-state index in [1.807, 2.05) is 26.0 Å². The Balaban J connectivity index is 2.31. The highest BCUT2D eigenvalue weighted by atomic mass is 35.5. The summed E-state index contributed by atoms with van der Waals surface area (Å²) < 4.78 is 0. The Bertz CT molecular complexity index is 498. The minimum Gasteiger partial charge on any atom is -0.481 e. The molecule has 104 valence electrons. The van der Waals surface area contributed by atoms with Crippen LogP contribution in [0.4, 0.5) is 0 Å². The molecule has 0 aromatic heterocycles. The Labute approximate surface area is 118 Å². The summed E-state index contributed by atoms with van der Waals surface area (Å²) in [6.45, 7) is 3.93. The molecule has 19 heavy (non-hydrogen) atoms. The number of aliphatic hydroxyl groups excluding tert-OH is 1. The van der Waals surface area contributed by atoms with E-state index in [9.17, 15) is 15.0 Å². The van der Waals surface area contributed by atoms with Crippen molar-refractivity contribution in [1.29, 1.82) is 0 Å². The van der Waals surface area contributed by atoms with Gasteiger partial charge in [-0.15, -0.1) is 0 Å². The second-order valence-corrected chi connectivity index (χ2v) is 5.85. The van der Waals surface area contributed by atoms with E-state index in [0.717, 1.165) is 24.0 Å². The third-order valence-electron chi connectivity index (χ3n) is 4.22. The molecular weight excluding hydrogens is 264 g/mol. The van der Waals surface area contributed by atoms with Gasteiger partial charge < -0.3 is 10.2 Å². The van der Waals surface area contributed by atoms with Gasteiger partial charge in [-0.1, -0.05) is 24.1 Å². The number of carboxylic acids is 1. The summed E-state index contributed by atoms with van der Waals surface area (Å²) in [6.07, 6.45) is 1.43. The van der Waals surface area contributed by atoms with Crippen LogP contribution in [-0.2, 0) is 4.79 Å². The number of halogens is 1. The molecule has 0 radical (unpaired) electrons. The first-order valence-corrected chi connectivity index (χ1v) is 6.97. The van der Waals surface area contributed by atoms with Gasteiger partial charge in [-0.3, -0.25) is 4.79 Å². The molecule has 1 aromatic carbocycles. The van der Waals surface area contributed by atoms with Crippen LogP contribution in [0.25, 0.3) is 0 Å². The predicted octanol–water partition coefficient (Wildman–Crippen LogP) is 3.49. The lowest BCUT2D eigenvalue weighted by molar-refractivity contribution is -0.144. The van der Waals surface area contributed by atoms with Gasteiger partial charge in [-0.2, -0.15) is 0 Å². The van der Waals surface area contributed by atoms with E-state index in [1.165, 1.54) is 0 Å². The molecule has 2 N–H and O–H groups in total. The van der Waals surface area contributed by atoms with Crippen LogP contribution in [-0.4, -0.2) is 16.2 Å². The molecular formula is C15H19ClO3. The number of aliphatic hydroxyl groups is 1. The smallest absolute Gasteiger partial charge is 0.306 e. The quantitative estimate of drug-likeness (QED) is 0.892. The van der Waals surface area contributed by atoms with Crippen LogP contribution in [0.2, 0.25) is 5.02 Å². The number of carbonyl (C=O) groups is 1. The van der Waals surface area contributed by atoms with Crippen LogP contribution < -0.4 is 0 Å². The van der Waals surface area contributed by atoms with E-state index in [2.05, 4.69) is 0 Å². The fraction of sp³-hybridized carbons (Fsp3) is 0.533. The van der Waals surface area contributed by atoms with Gasteiger partial charge in [0.2, 0.25) is 0 Å². The highest BCUT2D eigenvalue weighted by Gasteiger charge is 2.38. The average Bonchev–Trinajstić information content (AvgIpc) is 2.82. The van der Waals surface area contributed by atoms with Crippen molar-refractivity contribution in [2.24, 2.45) is 11.8 Å². The number of hydrogen-bond donors (Lipinski definition) is 2. The summed E-state index contributed by atoms with van der Waals surface area (Å²) in [7, 11) is 0. The van der Waals surface area contributed by atoms with Crippen LogP contribution in [0.15, 0.2) is 12.1 Å². The molecule has 0 aliphatic heterocycles. The third-order valence-corrected chi connectivity index (χ3v) is 4.55. The summed E-state index contributed by atoms with van der Waals surface area (Å²) in [5.41, 5.74) is 2.79. The zero-order valence-corrected chi connectivity index (χ0v) is 11.9. The Hall–Kier alpha value is -1.06. The van der Waals surface area contributed by atoms with Gasteiger partial charge in [-0.25, -0.2) is 0 Å². The van der Waals surface area contributed by atoms with Crippen molar-refractivity contribution in [3.05, 3.63) is 33.8 Å². The summed E-state index contributed by atoms with van der Waals surface area (Å²) in [5.74, 6) is -1.52. The largest absolute Gasteiger partial charge is 0.481 e. The first-order chi connectivity index (χ1) is 8.91. The van der Waals surface area contributed by atoms with Crippen molar-refractivity contribution < 1.29 is 15.0 Å². The number of carboxylic acid groups (broad SMARTS) is 1. The number of aliphatic carboxylic acids is 1. The highest BCUT2D eigenvalue weighted by molar-refractivity contribution is 6.31. The van der Waals surface area contributed by atoms with Crippen LogP contribution in [0.3, 0.4) is 0 Å². The molecule has 0 spiro atoms. The van der Waals surface area contributed by atoms with Crippen LogP contribution in [0, 0.1) is 25.7 Å². The molecule has 0 heterocycles. The minimum atomic E-state index is -0.818. The van der Waals surface area contributed by atoms with Crippen molar-refractivity contribution >= 4 is 17.6 Å². The molecule has 0 bridgehead atoms. The molecule has 3 nitrogen and oxygen atoms in total. The number of hydrogen-bond acceptors (Lipinski definition) is 2. The molecule has 1 saturated carbocycles. The fourth-order valence-electron chi connectivity index (χ4n) is 2.93. The Morgan fingerprint density at radius 2 is 1.95 bits per heavy atom. The third kappa shape index (κ3) is 2.77. The topological polar surface area (TPSA) is 57.5 Å². The van der Waals surface area contributed by atoms with Crippen molar-refractivity contribution in [2.45, 2.75) is 39.2 Å². The Morgan fingerprint density at radius 1 is 1.32 bits per heavy atom. The average molecular weight is 283 g/mol. The normalized spacial score (nSPS) is 24.4. The SMILES string of the molecule is Cc1cc(Cl)c(C(O)C2CCCC2C(=O)O)cc1C. The van der Waals surface area contributed by atoms with Crippen LogP contribution >= 0.6 is 11.6 Å². The van der Waals surface area contributed by atoms with Gasteiger partial charge in [0.05, 0.1) is 12.0 Å². The zero-order chi connectivity index (χ0) is 14.2. The van der Waals surface area contributed by atoms with Crippen LogP contribution in [0.1, 0.15) is 42.1 Å². The number of benzene rings is 1. The van der Waals surface area contributed by atoms with Gasteiger partial charge in [0.15, 0.2) is 0 Å². The molecule has 1 aliphatic carbocycles. The maximum Gasteiger partial charge on any atom is 0.306 e. The summed E-state index contributed by atoms with van der Waals surface area (Å²) in [4.78, 5) is 11.2. The number of aryl methyl sites for hydroxylation is 2. The maximum atomic E-state index is 11.2. The van der Waals surface area contributed by atoms with Crippen molar-refractivity contribution in [2.75, 3.05) is 0 Å². The van der Waals surface area contributed by atoms with Gasteiger partial charge >= 0.3 is 5.97 Å².